The lowest BCUT2D eigenvalue weighted by Gasteiger charge is -2.15. The number of nitrogen functional groups attached to an aromatic ring is 1. The quantitative estimate of drug-likeness (QED) is 0.261. The maximum absolute atomic E-state index is 13.4. The Morgan fingerprint density at radius 3 is 2.61 bits per heavy atom. The Labute approximate surface area is 142 Å². The number of oxime groups is 1. The van der Waals surface area contributed by atoms with E-state index in [-0.39, 0.29) is 29.8 Å². The summed E-state index contributed by atoms with van der Waals surface area (Å²) in [6.07, 6.45) is -1.09. The number of hydrogen-bond donors (Lipinski definition) is 1. The standard InChI is InChI=1S/C13H16Cl2FN3O4/c1-6(2)19-22-5-4-21-13(20)7(3)23-12-9(15)10(17)8(14)11(16)18-12/h7H,4-5H2,1-3H3,(H2,17,18). The highest BCUT2D eigenvalue weighted by Gasteiger charge is 2.22. The number of carbonyl (C=O) groups excluding carboxylic acids is 1. The minimum Gasteiger partial charge on any atom is -0.461 e. The fraction of sp³-hybridized carbons (Fsp3) is 0.462. The van der Waals surface area contributed by atoms with Gasteiger partial charge in [0.05, 0.1) is 11.4 Å². The molecule has 1 rings (SSSR count). The number of ether oxygens (including phenoxy) is 2. The second-order valence-electron chi connectivity index (χ2n) is 4.55. The summed E-state index contributed by atoms with van der Waals surface area (Å²) < 4.78 is 23.5. The topological polar surface area (TPSA) is 96.0 Å². The highest BCUT2D eigenvalue weighted by molar-refractivity contribution is 6.39. The summed E-state index contributed by atoms with van der Waals surface area (Å²) in [5.41, 5.74) is 6.01. The molecule has 7 nitrogen and oxygen atoms in total. The SMILES string of the molecule is CC(C)=NOCCOC(=O)C(C)Oc1nc(F)c(Cl)c(N)c1Cl. The van der Waals surface area contributed by atoms with Crippen molar-refractivity contribution in [3.8, 4) is 5.88 Å². The molecule has 23 heavy (non-hydrogen) atoms. The van der Waals surface area contributed by atoms with Crippen LogP contribution in [-0.4, -0.2) is 36.0 Å². The number of aromatic nitrogens is 1. The van der Waals surface area contributed by atoms with Crippen molar-refractivity contribution < 1.29 is 23.5 Å². The highest BCUT2D eigenvalue weighted by atomic mass is 35.5. The van der Waals surface area contributed by atoms with Crippen molar-refractivity contribution in [2.24, 2.45) is 5.16 Å². The summed E-state index contributed by atoms with van der Waals surface area (Å²) in [6.45, 7) is 4.97. The molecule has 2 N–H and O–H groups in total. The highest BCUT2D eigenvalue weighted by Crippen LogP contribution is 2.35. The van der Waals surface area contributed by atoms with Crippen LogP contribution in [-0.2, 0) is 14.4 Å². The van der Waals surface area contributed by atoms with Gasteiger partial charge in [-0.05, 0) is 20.8 Å². The zero-order valence-electron chi connectivity index (χ0n) is 12.7. The lowest BCUT2D eigenvalue weighted by atomic mass is 10.4. The third kappa shape index (κ3) is 5.72. The molecule has 1 unspecified atom stereocenters. The van der Waals surface area contributed by atoms with Crippen LogP contribution in [0.3, 0.4) is 0 Å². The van der Waals surface area contributed by atoms with E-state index in [1.54, 1.807) is 13.8 Å². The molecule has 0 saturated heterocycles. The lowest BCUT2D eigenvalue weighted by Crippen LogP contribution is -2.27. The lowest BCUT2D eigenvalue weighted by molar-refractivity contribution is -0.152. The Morgan fingerprint density at radius 2 is 2.00 bits per heavy atom. The number of anilines is 1. The zero-order valence-corrected chi connectivity index (χ0v) is 14.2. The zero-order chi connectivity index (χ0) is 17.6. The average molecular weight is 368 g/mol. The molecule has 0 aliphatic heterocycles. The van der Waals surface area contributed by atoms with Gasteiger partial charge in [0.2, 0.25) is 11.8 Å². The molecule has 0 aromatic carbocycles. The number of nitrogens with two attached hydrogens (primary N) is 1. The van der Waals surface area contributed by atoms with E-state index in [2.05, 4.69) is 10.1 Å². The van der Waals surface area contributed by atoms with Crippen molar-refractivity contribution in [1.82, 2.24) is 4.98 Å². The largest absolute Gasteiger partial charge is 0.461 e. The van der Waals surface area contributed by atoms with Gasteiger partial charge < -0.3 is 20.0 Å². The normalized spacial score (nSPS) is 11.6. The Kier molecular flexibility index (Phi) is 7.31. The summed E-state index contributed by atoms with van der Waals surface area (Å²) in [5, 5.41) is 3.07. The minimum absolute atomic E-state index is 0.0262. The molecular formula is C13H16Cl2FN3O4. The van der Waals surface area contributed by atoms with Crippen molar-refractivity contribution in [2.45, 2.75) is 26.9 Å². The molecule has 0 saturated carbocycles. The van der Waals surface area contributed by atoms with E-state index in [0.29, 0.717) is 0 Å². The summed E-state index contributed by atoms with van der Waals surface area (Å²) in [6, 6.07) is 0. The predicted molar refractivity (Wildman–Crippen MR) is 84.4 cm³/mol. The number of esters is 1. The number of halogens is 3. The Morgan fingerprint density at radius 1 is 1.35 bits per heavy atom. The molecule has 0 spiro atoms. The fourth-order valence-electron chi connectivity index (χ4n) is 1.28. The maximum atomic E-state index is 13.4. The molecule has 0 aliphatic carbocycles. The molecule has 0 radical (unpaired) electrons. The number of hydrogen-bond acceptors (Lipinski definition) is 7. The van der Waals surface area contributed by atoms with Crippen molar-refractivity contribution in [3.05, 3.63) is 16.0 Å². The predicted octanol–water partition coefficient (Wildman–Crippen LogP) is 2.83. The molecule has 10 heteroatoms. The molecule has 0 aliphatic rings. The van der Waals surface area contributed by atoms with Crippen LogP contribution >= 0.6 is 23.2 Å². The molecule has 0 amide bonds. The van der Waals surface area contributed by atoms with Crippen LogP contribution in [0.1, 0.15) is 20.8 Å². The van der Waals surface area contributed by atoms with Gasteiger partial charge in [0.15, 0.2) is 12.7 Å². The first-order valence-electron chi connectivity index (χ1n) is 6.50. The van der Waals surface area contributed by atoms with Crippen LogP contribution in [0.25, 0.3) is 0 Å². The number of pyridine rings is 1. The molecule has 0 fully saturated rings. The number of nitrogens with zero attached hydrogens (tertiary/aromatic N) is 2. The third-order valence-electron chi connectivity index (χ3n) is 2.33. The van der Waals surface area contributed by atoms with Crippen molar-refractivity contribution in [2.75, 3.05) is 18.9 Å². The first kappa shape index (κ1) is 19.2. The van der Waals surface area contributed by atoms with E-state index >= 15 is 0 Å². The second kappa shape index (κ2) is 8.73. The number of carbonyl (C=O) groups is 1. The maximum Gasteiger partial charge on any atom is 0.347 e. The van der Waals surface area contributed by atoms with Crippen LogP contribution in [0.2, 0.25) is 10.0 Å². The fourth-order valence-corrected chi connectivity index (χ4v) is 1.64. The van der Waals surface area contributed by atoms with Crippen LogP contribution in [0, 0.1) is 5.95 Å². The van der Waals surface area contributed by atoms with Gasteiger partial charge in [-0.2, -0.15) is 9.37 Å². The van der Waals surface area contributed by atoms with Gasteiger partial charge in [0.25, 0.3) is 0 Å². The Hall–Kier alpha value is -1.80. The third-order valence-corrected chi connectivity index (χ3v) is 3.05. The molecule has 128 valence electrons. The van der Waals surface area contributed by atoms with Gasteiger partial charge in [0.1, 0.15) is 16.7 Å². The van der Waals surface area contributed by atoms with Crippen LogP contribution < -0.4 is 10.5 Å². The first-order valence-corrected chi connectivity index (χ1v) is 7.26. The van der Waals surface area contributed by atoms with E-state index in [4.69, 9.17) is 43.2 Å². The summed E-state index contributed by atoms with van der Waals surface area (Å²) in [5.74, 6) is -2.11. The van der Waals surface area contributed by atoms with E-state index in [1.165, 1.54) is 6.92 Å². The van der Waals surface area contributed by atoms with Gasteiger partial charge in [-0.25, -0.2) is 4.79 Å². The van der Waals surface area contributed by atoms with Crippen LogP contribution in [0.5, 0.6) is 5.88 Å². The number of rotatable bonds is 7. The van der Waals surface area contributed by atoms with Gasteiger partial charge >= 0.3 is 5.97 Å². The van der Waals surface area contributed by atoms with Gasteiger partial charge in [-0.1, -0.05) is 28.4 Å². The van der Waals surface area contributed by atoms with Crippen molar-refractivity contribution in [1.29, 1.82) is 0 Å². The summed E-state index contributed by atoms with van der Waals surface area (Å²) in [4.78, 5) is 20.0. The molecule has 0 bridgehead atoms. The second-order valence-corrected chi connectivity index (χ2v) is 5.30. The Bertz CT molecular complexity index is 609. The molecule has 1 aromatic heterocycles. The van der Waals surface area contributed by atoms with Crippen LogP contribution in [0.4, 0.5) is 10.1 Å². The van der Waals surface area contributed by atoms with E-state index < -0.39 is 23.0 Å². The first-order chi connectivity index (χ1) is 10.7. The summed E-state index contributed by atoms with van der Waals surface area (Å²) in [7, 11) is 0. The molecule has 1 atom stereocenters. The smallest absolute Gasteiger partial charge is 0.347 e. The van der Waals surface area contributed by atoms with E-state index in [0.717, 1.165) is 5.71 Å². The average Bonchev–Trinajstić information content (AvgIpc) is 2.49. The molecule has 1 aromatic rings. The van der Waals surface area contributed by atoms with Gasteiger partial charge in [0, 0.05) is 0 Å². The van der Waals surface area contributed by atoms with E-state index in [9.17, 15) is 9.18 Å². The van der Waals surface area contributed by atoms with E-state index in [1.807, 2.05) is 0 Å². The Balaban J connectivity index is 2.57. The van der Waals surface area contributed by atoms with Crippen LogP contribution in [0.15, 0.2) is 5.16 Å². The summed E-state index contributed by atoms with van der Waals surface area (Å²) >= 11 is 11.4. The molecular weight excluding hydrogens is 352 g/mol. The van der Waals surface area contributed by atoms with Crippen molar-refractivity contribution in [3.63, 3.8) is 0 Å². The van der Waals surface area contributed by atoms with Crippen molar-refractivity contribution >= 4 is 40.6 Å². The van der Waals surface area contributed by atoms with Gasteiger partial charge in [-0.15, -0.1) is 0 Å². The monoisotopic (exact) mass is 367 g/mol. The molecule has 1 heterocycles. The minimum atomic E-state index is -1.09. The van der Waals surface area contributed by atoms with Gasteiger partial charge in [-0.3, -0.25) is 0 Å².